The summed E-state index contributed by atoms with van der Waals surface area (Å²) in [5.41, 5.74) is 5.46. The van der Waals surface area contributed by atoms with E-state index in [0.717, 1.165) is 25.2 Å². The van der Waals surface area contributed by atoms with Crippen LogP contribution < -0.4 is 5.73 Å². The van der Waals surface area contributed by atoms with Gasteiger partial charge in [0.1, 0.15) is 0 Å². The first-order valence-corrected chi connectivity index (χ1v) is 6.66. The van der Waals surface area contributed by atoms with Crippen LogP contribution >= 0.6 is 23.6 Å². The second-order valence-corrected chi connectivity index (χ2v) is 6.06. The minimum atomic E-state index is 0.633. The Kier molecular flexibility index (Phi) is 5.26. The summed E-state index contributed by atoms with van der Waals surface area (Å²) in [4.78, 5) is 3.59. The molecule has 0 aliphatic carbocycles. The third-order valence-electron chi connectivity index (χ3n) is 2.17. The summed E-state index contributed by atoms with van der Waals surface area (Å²) in [6, 6.07) is 4.49. The van der Waals surface area contributed by atoms with Gasteiger partial charge >= 0.3 is 0 Å². The van der Waals surface area contributed by atoms with Crippen molar-refractivity contribution < 1.29 is 0 Å². The number of aryl methyl sites for hydroxylation is 1. The highest BCUT2D eigenvalue weighted by Gasteiger charge is 2.02. The molecule has 15 heavy (non-hydrogen) atoms. The normalized spacial score (nSPS) is 10.9. The highest BCUT2D eigenvalue weighted by Crippen LogP contribution is 2.21. The summed E-state index contributed by atoms with van der Waals surface area (Å²) in [5.74, 6) is 0.744. The first-order valence-electron chi connectivity index (χ1n) is 5.44. The highest BCUT2D eigenvalue weighted by molar-refractivity contribution is 7.80. The second kappa shape index (κ2) is 6.23. The minimum Gasteiger partial charge on any atom is -0.393 e. The lowest BCUT2D eigenvalue weighted by molar-refractivity contribution is 0.654. The van der Waals surface area contributed by atoms with Crippen LogP contribution in [0.15, 0.2) is 12.1 Å². The third kappa shape index (κ3) is 5.28. The fourth-order valence-corrected chi connectivity index (χ4v) is 2.92. The molecule has 0 bridgehead atoms. The molecule has 0 saturated carbocycles. The molecule has 1 rings (SSSR count). The molecule has 0 aliphatic rings. The molecule has 1 aromatic rings. The predicted molar refractivity (Wildman–Crippen MR) is 72.6 cm³/mol. The molecule has 0 radical (unpaired) electrons. The first-order chi connectivity index (χ1) is 7.08. The molecule has 0 amide bonds. The molecule has 2 N–H and O–H groups in total. The topological polar surface area (TPSA) is 26.0 Å². The van der Waals surface area contributed by atoms with Gasteiger partial charge in [-0.1, -0.05) is 26.1 Å². The lowest BCUT2D eigenvalue weighted by Crippen LogP contribution is -2.07. The summed E-state index contributed by atoms with van der Waals surface area (Å²) in [7, 11) is 0. The standard InChI is InChI=1S/C12H19NS2/c1-9(2)8-11-7-6-10(15-11)4-3-5-12(13)14/h6-7,9H,3-5,8H2,1-2H3,(H2,13,14). The summed E-state index contributed by atoms with van der Waals surface area (Å²) >= 11 is 6.78. The van der Waals surface area contributed by atoms with Gasteiger partial charge in [0.05, 0.1) is 4.99 Å². The van der Waals surface area contributed by atoms with E-state index in [9.17, 15) is 0 Å². The van der Waals surface area contributed by atoms with Gasteiger partial charge in [-0.05, 0) is 43.7 Å². The van der Waals surface area contributed by atoms with Crippen LogP contribution in [-0.2, 0) is 12.8 Å². The molecule has 1 nitrogen and oxygen atoms in total. The molecule has 0 aromatic carbocycles. The van der Waals surface area contributed by atoms with Crippen molar-refractivity contribution in [2.24, 2.45) is 11.7 Å². The lowest BCUT2D eigenvalue weighted by Gasteiger charge is -2.00. The maximum absolute atomic E-state index is 5.46. The number of hydrogen-bond acceptors (Lipinski definition) is 2. The molecule has 0 fully saturated rings. The molecule has 0 aliphatic heterocycles. The molecule has 0 spiro atoms. The second-order valence-electron chi connectivity index (χ2n) is 4.29. The molecule has 1 aromatic heterocycles. The Hall–Kier alpha value is -0.410. The predicted octanol–water partition coefficient (Wildman–Crippen LogP) is 3.56. The van der Waals surface area contributed by atoms with E-state index in [1.165, 1.54) is 16.2 Å². The summed E-state index contributed by atoms with van der Waals surface area (Å²) in [6.45, 7) is 4.51. The zero-order chi connectivity index (χ0) is 11.3. The fraction of sp³-hybridized carbons (Fsp3) is 0.583. The molecule has 0 saturated heterocycles. The summed E-state index contributed by atoms with van der Waals surface area (Å²) in [5, 5.41) is 0. The first kappa shape index (κ1) is 12.7. The Labute approximate surface area is 102 Å². The van der Waals surface area contributed by atoms with E-state index in [4.69, 9.17) is 18.0 Å². The van der Waals surface area contributed by atoms with Crippen molar-refractivity contribution in [2.75, 3.05) is 0 Å². The molecular formula is C12H19NS2. The van der Waals surface area contributed by atoms with Gasteiger partial charge < -0.3 is 5.73 Å². The van der Waals surface area contributed by atoms with Crippen LogP contribution in [0, 0.1) is 5.92 Å². The Morgan fingerprint density at radius 1 is 1.40 bits per heavy atom. The number of rotatable bonds is 6. The molecule has 1 heterocycles. The summed E-state index contributed by atoms with van der Waals surface area (Å²) in [6.07, 6.45) is 4.25. The Bertz CT molecular complexity index is 315. The maximum atomic E-state index is 5.46. The molecule has 3 heteroatoms. The van der Waals surface area contributed by atoms with Gasteiger partial charge in [0, 0.05) is 9.75 Å². The van der Waals surface area contributed by atoms with Crippen LogP contribution in [0.25, 0.3) is 0 Å². The van der Waals surface area contributed by atoms with Crippen LogP contribution in [0.2, 0.25) is 0 Å². The van der Waals surface area contributed by atoms with Crippen LogP contribution in [-0.4, -0.2) is 4.99 Å². The van der Waals surface area contributed by atoms with Crippen molar-refractivity contribution in [3.05, 3.63) is 21.9 Å². The van der Waals surface area contributed by atoms with Crippen LogP contribution in [0.5, 0.6) is 0 Å². The molecule has 0 unspecified atom stereocenters. The number of thiocarbonyl (C=S) groups is 1. The number of thiophene rings is 1. The van der Waals surface area contributed by atoms with Crippen LogP contribution in [0.1, 0.15) is 36.4 Å². The zero-order valence-electron chi connectivity index (χ0n) is 9.45. The minimum absolute atomic E-state index is 0.633. The van der Waals surface area contributed by atoms with Crippen molar-refractivity contribution in [3.8, 4) is 0 Å². The van der Waals surface area contributed by atoms with Gasteiger partial charge in [-0.15, -0.1) is 11.3 Å². The Morgan fingerprint density at radius 2 is 2.07 bits per heavy atom. The van der Waals surface area contributed by atoms with E-state index in [1.807, 2.05) is 11.3 Å². The van der Waals surface area contributed by atoms with Gasteiger partial charge in [-0.25, -0.2) is 0 Å². The van der Waals surface area contributed by atoms with E-state index in [1.54, 1.807) is 0 Å². The van der Waals surface area contributed by atoms with Crippen LogP contribution in [0.4, 0.5) is 0 Å². The maximum Gasteiger partial charge on any atom is 0.0727 e. The fourth-order valence-electron chi connectivity index (χ4n) is 1.51. The largest absolute Gasteiger partial charge is 0.393 e. The van der Waals surface area contributed by atoms with Gasteiger partial charge in [0.25, 0.3) is 0 Å². The van der Waals surface area contributed by atoms with E-state index in [0.29, 0.717) is 4.99 Å². The number of nitrogens with two attached hydrogens (primary N) is 1. The average Bonchev–Trinajstić information content (AvgIpc) is 2.50. The molecule has 0 atom stereocenters. The Balaban J connectivity index is 2.36. The average molecular weight is 241 g/mol. The van der Waals surface area contributed by atoms with Crippen molar-refractivity contribution >= 4 is 28.5 Å². The molecular weight excluding hydrogens is 222 g/mol. The quantitative estimate of drug-likeness (QED) is 0.771. The lowest BCUT2D eigenvalue weighted by atomic mass is 10.1. The third-order valence-corrected chi connectivity index (χ3v) is 3.54. The smallest absolute Gasteiger partial charge is 0.0727 e. The summed E-state index contributed by atoms with van der Waals surface area (Å²) < 4.78 is 0. The highest BCUT2D eigenvalue weighted by atomic mass is 32.1. The Morgan fingerprint density at radius 3 is 2.67 bits per heavy atom. The van der Waals surface area contributed by atoms with E-state index in [-0.39, 0.29) is 0 Å². The monoisotopic (exact) mass is 241 g/mol. The van der Waals surface area contributed by atoms with Crippen molar-refractivity contribution in [3.63, 3.8) is 0 Å². The van der Waals surface area contributed by atoms with Crippen LogP contribution in [0.3, 0.4) is 0 Å². The zero-order valence-corrected chi connectivity index (χ0v) is 11.1. The number of hydrogen-bond donors (Lipinski definition) is 1. The molecule has 84 valence electrons. The van der Waals surface area contributed by atoms with E-state index >= 15 is 0 Å². The van der Waals surface area contributed by atoms with Gasteiger partial charge in [0.2, 0.25) is 0 Å². The van der Waals surface area contributed by atoms with Gasteiger partial charge in [0.15, 0.2) is 0 Å². The van der Waals surface area contributed by atoms with Crippen molar-refractivity contribution in [1.82, 2.24) is 0 Å². The van der Waals surface area contributed by atoms with Crippen molar-refractivity contribution in [2.45, 2.75) is 39.5 Å². The van der Waals surface area contributed by atoms with Gasteiger partial charge in [-0.2, -0.15) is 0 Å². The van der Waals surface area contributed by atoms with E-state index < -0.39 is 0 Å². The van der Waals surface area contributed by atoms with E-state index in [2.05, 4.69) is 26.0 Å². The van der Waals surface area contributed by atoms with Crippen molar-refractivity contribution in [1.29, 1.82) is 0 Å². The van der Waals surface area contributed by atoms with Gasteiger partial charge in [-0.3, -0.25) is 0 Å². The SMILES string of the molecule is CC(C)Cc1ccc(CCCC(N)=S)s1.